The number of unbranched alkanes of at least 4 members (excludes halogenated alkanes) is 12. The molecule has 0 saturated heterocycles. The summed E-state index contributed by atoms with van der Waals surface area (Å²) in [6, 6.07) is 0. The summed E-state index contributed by atoms with van der Waals surface area (Å²) in [5.74, 6) is -0.596. The lowest BCUT2D eigenvalue weighted by atomic mass is 9.98. The molecule has 1 heterocycles. The van der Waals surface area contributed by atoms with Crippen molar-refractivity contribution in [1.29, 1.82) is 0 Å². The molecule has 10 heteroatoms. The summed E-state index contributed by atoms with van der Waals surface area (Å²) in [5, 5.41) is 8.42. The van der Waals surface area contributed by atoms with Gasteiger partial charge in [-0.2, -0.15) is 0 Å². The second-order valence-electron chi connectivity index (χ2n) is 14.0. The number of carbonyl (C=O) groups excluding carboxylic acids is 3. The van der Waals surface area contributed by atoms with E-state index < -0.39 is 11.7 Å². The molecule has 0 aromatic carbocycles. The molecule has 1 aromatic rings. The number of nitrogens with zero attached hydrogens (tertiary/aromatic N) is 3. The first kappa shape index (κ1) is 42.7. The molecule has 0 spiro atoms. The van der Waals surface area contributed by atoms with Crippen LogP contribution in [0.25, 0.3) is 0 Å². The van der Waals surface area contributed by atoms with E-state index in [0.29, 0.717) is 38.0 Å². The van der Waals surface area contributed by atoms with Crippen molar-refractivity contribution in [3.8, 4) is 0 Å². The zero-order valence-electron chi connectivity index (χ0n) is 30.9. The highest BCUT2D eigenvalue weighted by Gasteiger charge is 2.29. The zero-order chi connectivity index (χ0) is 35.0. The SMILES string of the molecule is CCCCCCCCCC(=O)OCC(Cn1cc(CCC(=O)C(C)(C)OCCC(C)(C)OC)nn1)OC(=O)CCCCCCCCC. The quantitative estimate of drug-likeness (QED) is 0.0593. The van der Waals surface area contributed by atoms with Crippen molar-refractivity contribution < 1.29 is 33.3 Å². The lowest BCUT2D eigenvalue weighted by Gasteiger charge is -2.27. The summed E-state index contributed by atoms with van der Waals surface area (Å²) in [7, 11) is 1.66. The fraction of sp³-hybridized carbons (Fsp3) is 0.865. The third kappa shape index (κ3) is 21.3. The minimum Gasteiger partial charge on any atom is -0.462 e. The van der Waals surface area contributed by atoms with E-state index in [1.54, 1.807) is 31.8 Å². The van der Waals surface area contributed by atoms with Gasteiger partial charge >= 0.3 is 11.9 Å². The Morgan fingerprint density at radius 1 is 0.787 bits per heavy atom. The first-order valence-electron chi connectivity index (χ1n) is 18.4. The fourth-order valence-corrected chi connectivity index (χ4v) is 5.11. The maximum atomic E-state index is 12.9. The van der Waals surface area contributed by atoms with Crippen molar-refractivity contribution in [2.24, 2.45) is 0 Å². The van der Waals surface area contributed by atoms with E-state index in [2.05, 4.69) is 24.2 Å². The molecule has 0 radical (unpaired) electrons. The Morgan fingerprint density at radius 2 is 1.34 bits per heavy atom. The van der Waals surface area contributed by atoms with Crippen molar-refractivity contribution in [3.63, 3.8) is 0 Å². The highest BCUT2D eigenvalue weighted by atomic mass is 16.6. The lowest BCUT2D eigenvalue weighted by Crippen LogP contribution is -2.37. The highest BCUT2D eigenvalue weighted by Crippen LogP contribution is 2.19. The summed E-state index contributed by atoms with van der Waals surface area (Å²) in [6.45, 7) is 12.5. The van der Waals surface area contributed by atoms with Crippen LogP contribution in [-0.4, -0.2) is 70.3 Å². The first-order valence-corrected chi connectivity index (χ1v) is 18.4. The number of aryl methyl sites for hydroxylation is 1. The van der Waals surface area contributed by atoms with Crippen LogP contribution in [0.2, 0.25) is 0 Å². The van der Waals surface area contributed by atoms with Gasteiger partial charge in [-0.05, 0) is 47.0 Å². The molecule has 0 aliphatic heterocycles. The number of hydrogen-bond acceptors (Lipinski definition) is 9. The molecule has 1 aromatic heterocycles. The van der Waals surface area contributed by atoms with E-state index in [9.17, 15) is 14.4 Å². The van der Waals surface area contributed by atoms with Crippen LogP contribution in [0.3, 0.4) is 0 Å². The zero-order valence-corrected chi connectivity index (χ0v) is 30.9. The Kier molecular flexibility index (Phi) is 22.5. The van der Waals surface area contributed by atoms with E-state index in [-0.39, 0.29) is 42.9 Å². The van der Waals surface area contributed by atoms with Gasteiger partial charge in [0.1, 0.15) is 12.2 Å². The van der Waals surface area contributed by atoms with Crippen molar-refractivity contribution in [2.45, 2.75) is 187 Å². The maximum absolute atomic E-state index is 12.9. The van der Waals surface area contributed by atoms with E-state index in [0.717, 1.165) is 38.5 Å². The van der Waals surface area contributed by atoms with Gasteiger partial charge in [0.05, 0.1) is 24.4 Å². The summed E-state index contributed by atoms with van der Waals surface area (Å²) in [4.78, 5) is 38.1. The summed E-state index contributed by atoms with van der Waals surface area (Å²) >= 11 is 0. The molecule has 1 rings (SSSR count). The minimum atomic E-state index is -0.923. The van der Waals surface area contributed by atoms with Gasteiger partial charge in [-0.25, -0.2) is 4.68 Å². The summed E-state index contributed by atoms with van der Waals surface area (Å²) in [5.41, 5.74) is -0.587. The highest BCUT2D eigenvalue weighted by molar-refractivity contribution is 5.86. The number of ether oxygens (including phenoxy) is 4. The molecule has 0 bridgehead atoms. The van der Waals surface area contributed by atoms with Crippen molar-refractivity contribution in [1.82, 2.24) is 15.0 Å². The molecule has 0 amide bonds. The molecular formula is C37H67N3O7. The number of carbonyl (C=O) groups is 3. The normalized spacial score (nSPS) is 12.7. The maximum Gasteiger partial charge on any atom is 0.306 e. The van der Waals surface area contributed by atoms with Crippen molar-refractivity contribution >= 4 is 17.7 Å². The second kappa shape index (κ2) is 24.8. The van der Waals surface area contributed by atoms with Gasteiger partial charge in [-0.15, -0.1) is 5.10 Å². The number of Topliss-reactive ketones (excluding diaryl/α,β-unsaturated/α-hetero) is 1. The molecule has 10 nitrogen and oxygen atoms in total. The van der Waals surface area contributed by atoms with Gasteiger partial charge in [0.15, 0.2) is 11.9 Å². The first-order chi connectivity index (χ1) is 22.4. The molecule has 1 unspecified atom stereocenters. The molecule has 0 aliphatic rings. The van der Waals surface area contributed by atoms with Gasteiger partial charge in [0.25, 0.3) is 0 Å². The monoisotopic (exact) mass is 665 g/mol. The number of rotatable bonds is 30. The Morgan fingerprint density at radius 3 is 1.91 bits per heavy atom. The van der Waals surface area contributed by atoms with Crippen LogP contribution in [0.1, 0.15) is 163 Å². The molecule has 0 N–H and O–H groups in total. The largest absolute Gasteiger partial charge is 0.462 e. The summed E-state index contributed by atoms with van der Waals surface area (Å²) in [6.07, 6.45) is 18.7. The van der Waals surface area contributed by atoms with Gasteiger partial charge in [0.2, 0.25) is 0 Å². The standard InChI is InChI=1S/C37H67N3O7/c1-8-10-12-14-16-18-20-22-34(42)45-30-32(47-35(43)23-21-19-17-15-13-11-9-2)29-40-28-31(38-39-40)24-25-33(41)37(5,6)46-27-26-36(3,4)44-7/h28,32H,8-27,29-30H2,1-7H3. The Balaban J connectivity index is 2.64. The number of ketones is 1. The molecule has 272 valence electrons. The lowest BCUT2D eigenvalue weighted by molar-refractivity contribution is -0.160. The second-order valence-corrected chi connectivity index (χ2v) is 14.0. The van der Waals surface area contributed by atoms with E-state index in [1.807, 2.05) is 13.8 Å². The average Bonchev–Trinajstić information content (AvgIpc) is 3.48. The summed E-state index contributed by atoms with van der Waals surface area (Å²) < 4.78 is 24.2. The Labute approximate surface area is 285 Å². The van der Waals surface area contributed by atoms with E-state index >= 15 is 0 Å². The van der Waals surface area contributed by atoms with Crippen molar-refractivity contribution in [3.05, 3.63) is 11.9 Å². The molecule has 47 heavy (non-hydrogen) atoms. The predicted molar refractivity (Wildman–Crippen MR) is 185 cm³/mol. The number of esters is 2. The number of methoxy groups -OCH3 is 1. The van der Waals surface area contributed by atoms with Crippen LogP contribution >= 0.6 is 0 Å². The Hall–Kier alpha value is -2.33. The molecular weight excluding hydrogens is 598 g/mol. The Bertz CT molecular complexity index is 992. The third-order valence-electron chi connectivity index (χ3n) is 8.67. The number of aromatic nitrogens is 3. The third-order valence-corrected chi connectivity index (χ3v) is 8.67. The average molecular weight is 666 g/mol. The van der Waals surface area contributed by atoms with E-state index in [1.165, 1.54) is 51.4 Å². The fourth-order valence-electron chi connectivity index (χ4n) is 5.11. The number of hydrogen-bond donors (Lipinski definition) is 0. The molecule has 0 saturated carbocycles. The van der Waals surface area contributed by atoms with Gasteiger partial charge in [-0.1, -0.05) is 96.1 Å². The van der Waals surface area contributed by atoms with Crippen LogP contribution in [0.15, 0.2) is 6.20 Å². The van der Waals surface area contributed by atoms with Gasteiger partial charge in [0, 0.05) is 39.0 Å². The smallest absolute Gasteiger partial charge is 0.306 e. The molecule has 0 fully saturated rings. The van der Waals surface area contributed by atoms with Crippen LogP contribution in [0.5, 0.6) is 0 Å². The van der Waals surface area contributed by atoms with Gasteiger partial charge < -0.3 is 18.9 Å². The topological polar surface area (TPSA) is 119 Å². The van der Waals surface area contributed by atoms with Crippen molar-refractivity contribution in [2.75, 3.05) is 20.3 Å². The van der Waals surface area contributed by atoms with Gasteiger partial charge in [-0.3, -0.25) is 14.4 Å². The molecule has 0 aliphatic carbocycles. The van der Waals surface area contributed by atoms with E-state index in [4.69, 9.17) is 18.9 Å². The molecule has 1 atom stereocenters. The van der Waals surface area contributed by atoms with Crippen LogP contribution in [-0.2, 0) is 46.3 Å². The van der Waals surface area contributed by atoms with Crippen LogP contribution in [0.4, 0.5) is 0 Å². The van der Waals surface area contributed by atoms with Crippen LogP contribution in [0, 0.1) is 0 Å². The minimum absolute atomic E-state index is 0.0210. The predicted octanol–water partition coefficient (Wildman–Crippen LogP) is 8.13. The van der Waals surface area contributed by atoms with Crippen LogP contribution < -0.4 is 0 Å².